The van der Waals surface area contributed by atoms with Crippen molar-refractivity contribution in [3.8, 4) is 11.5 Å². The molecule has 0 saturated carbocycles. The van der Waals surface area contributed by atoms with Gasteiger partial charge in [-0.1, -0.05) is 5.57 Å². The Bertz CT molecular complexity index is 413. The van der Waals surface area contributed by atoms with Crippen molar-refractivity contribution < 1.29 is 9.47 Å². The lowest BCUT2D eigenvalue weighted by molar-refractivity contribution is 0.391. The second kappa shape index (κ2) is 8.08. The third-order valence-corrected chi connectivity index (χ3v) is 2.59. The topological polar surface area (TPSA) is 44.5 Å². The molecule has 4 heteroatoms. The van der Waals surface area contributed by atoms with Crippen molar-refractivity contribution in [3.05, 3.63) is 28.8 Å². The summed E-state index contributed by atoms with van der Waals surface area (Å²) in [5.41, 5.74) is 9.14. The van der Waals surface area contributed by atoms with Gasteiger partial charge in [-0.15, -0.1) is 12.4 Å². The number of allylic oxidation sites excluding steroid dienone is 1. The molecule has 1 aromatic carbocycles. The van der Waals surface area contributed by atoms with Gasteiger partial charge in [0.25, 0.3) is 0 Å². The Kier molecular flexibility index (Phi) is 7.57. The van der Waals surface area contributed by atoms with Gasteiger partial charge in [0, 0.05) is 6.04 Å². The van der Waals surface area contributed by atoms with Crippen molar-refractivity contribution in [2.45, 2.75) is 33.2 Å². The minimum Gasteiger partial charge on any atom is -0.496 e. The van der Waals surface area contributed by atoms with Gasteiger partial charge in [-0.3, -0.25) is 0 Å². The predicted molar refractivity (Wildman–Crippen MR) is 83.5 cm³/mol. The number of halogens is 1. The zero-order chi connectivity index (χ0) is 13.7. The molecule has 1 atom stereocenters. The summed E-state index contributed by atoms with van der Waals surface area (Å²) in [4.78, 5) is 0. The van der Waals surface area contributed by atoms with E-state index in [2.05, 4.69) is 19.9 Å². The second-order valence-electron chi connectivity index (χ2n) is 4.82. The van der Waals surface area contributed by atoms with Crippen LogP contribution in [0.25, 0.3) is 6.08 Å². The highest BCUT2D eigenvalue weighted by atomic mass is 35.5. The van der Waals surface area contributed by atoms with E-state index in [0.717, 1.165) is 29.0 Å². The van der Waals surface area contributed by atoms with Crippen LogP contribution in [0.1, 0.15) is 31.9 Å². The van der Waals surface area contributed by atoms with Crippen LogP contribution in [-0.2, 0) is 6.42 Å². The zero-order valence-corrected chi connectivity index (χ0v) is 13.1. The average molecular weight is 286 g/mol. The Morgan fingerprint density at radius 3 is 2.00 bits per heavy atom. The van der Waals surface area contributed by atoms with Gasteiger partial charge in [-0.05, 0) is 51.0 Å². The third-order valence-electron chi connectivity index (χ3n) is 2.59. The number of rotatable bonds is 5. The van der Waals surface area contributed by atoms with Crippen LogP contribution in [0.15, 0.2) is 17.7 Å². The SMILES string of the molecule is COc1cc(CC(C)N)cc(OC)c1C=C(C)C.Cl. The summed E-state index contributed by atoms with van der Waals surface area (Å²) in [6.07, 6.45) is 2.87. The van der Waals surface area contributed by atoms with Gasteiger partial charge in [0.2, 0.25) is 0 Å². The summed E-state index contributed by atoms with van der Waals surface area (Å²) in [5, 5.41) is 0. The van der Waals surface area contributed by atoms with Crippen molar-refractivity contribution in [3.63, 3.8) is 0 Å². The Morgan fingerprint density at radius 1 is 1.21 bits per heavy atom. The van der Waals surface area contributed by atoms with Crippen LogP contribution in [0, 0.1) is 0 Å². The van der Waals surface area contributed by atoms with Gasteiger partial charge in [0.05, 0.1) is 19.8 Å². The largest absolute Gasteiger partial charge is 0.496 e. The van der Waals surface area contributed by atoms with Crippen molar-refractivity contribution in [2.75, 3.05) is 14.2 Å². The van der Waals surface area contributed by atoms with Crippen LogP contribution in [0.2, 0.25) is 0 Å². The summed E-state index contributed by atoms with van der Waals surface area (Å²) in [7, 11) is 3.35. The second-order valence-corrected chi connectivity index (χ2v) is 4.82. The summed E-state index contributed by atoms with van der Waals surface area (Å²) < 4.78 is 10.9. The summed E-state index contributed by atoms with van der Waals surface area (Å²) in [6.45, 7) is 6.09. The summed E-state index contributed by atoms with van der Waals surface area (Å²) in [5.74, 6) is 1.65. The number of ether oxygens (including phenoxy) is 2. The van der Waals surface area contributed by atoms with Crippen LogP contribution in [0.5, 0.6) is 11.5 Å². The normalized spacial score (nSPS) is 11.3. The molecule has 0 aliphatic rings. The van der Waals surface area contributed by atoms with Crippen LogP contribution in [-0.4, -0.2) is 20.3 Å². The van der Waals surface area contributed by atoms with Crippen LogP contribution >= 0.6 is 12.4 Å². The molecule has 0 saturated heterocycles. The molecule has 0 spiro atoms. The van der Waals surface area contributed by atoms with E-state index in [4.69, 9.17) is 15.2 Å². The first-order valence-corrected chi connectivity index (χ1v) is 6.13. The molecule has 2 N–H and O–H groups in total. The Balaban J connectivity index is 0.00000324. The molecule has 1 aromatic rings. The number of benzene rings is 1. The fraction of sp³-hybridized carbons (Fsp3) is 0.467. The molecule has 0 fully saturated rings. The van der Waals surface area contributed by atoms with Gasteiger partial charge >= 0.3 is 0 Å². The first kappa shape index (κ1) is 17.8. The van der Waals surface area contributed by atoms with E-state index in [1.54, 1.807) is 14.2 Å². The molecular formula is C15H24ClNO2. The summed E-state index contributed by atoms with van der Waals surface area (Å²) in [6, 6.07) is 4.18. The molecule has 1 rings (SSSR count). The van der Waals surface area contributed by atoms with Crippen LogP contribution in [0.3, 0.4) is 0 Å². The molecule has 0 radical (unpaired) electrons. The fourth-order valence-corrected chi connectivity index (χ4v) is 1.91. The molecule has 0 aliphatic heterocycles. The van der Waals surface area contributed by atoms with Gasteiger partial charge in [0.1, 0.15) is 11.5 Å². The van der Waals surface area contributed by atoms with Gasteiger partial charge in [-0.2, -0.15) is 0 Å². The van der Waals surface area contributed by atoms with Crippen molar-refractivity contribution >= 4 is 18.5 Å². The van der Waals surface area contributed by atoms with E-state index in [9.17, 15) is 0 Å². The number of hydrogen-bond donors (Lipinski definition) is 1. The number of hydrogen-bond acceptors (Lipinski definition) is 3. The molecule has 0 aliphatic carbocycles. The van der Waals surface area contributed by atoms with Crippen LogP contribution < -0.4 is 15.2 Å². The lowest BCUT2D eigenvalue weighted by Gasteiger charge is -2.14. The zero-order valence-electron chi connectivity index (χ0n) is 12.3. The minimum atomic E-state index is 0. The van der Waals surface area contributed by atoms with E-state index in [1.807, 2.05) is 19.1 Å². The predicted octanol–water partition coefficient (Wildman–Crippen LogP) is 3.44. The first-order valence-electron chi connectivity index (χ1n) is 6.13. The number of methoxy groups -OCH3 is 2. The molecule has 1 unspecified atom stereocenters. The van der Waals surface area contributed by atoms with Crippen molar-refractivity contribution in [1.82, 2.24) is 0 Å². The van der Waals surface area contributed by atoms with Crippen molar-refractivity contribution in [2.24, 2.45) is 5.73 Å². The Hall–Kier alpha value is -1.19. The molecule has 0 heterocycles. The highest BCUT2D eigenvalue weighted by Crippen LogP contribution is 2.33. The van der Waals surface area contributed by atoms with E-state index in [-0.39, 0.29) is 18.4 Å². The Morgan fingerprint density at radius 2 is 1.68 bits per heavy atom. The first-order chi connectivity index (χ1) is 8.47. The molecule has 0 amide bonds. The molecule has 108 valence electrons. The molecule has 0 aromatic heterocycles. The average Bonchev–Trinajstić information content (AvgIpc) is 2.29. The quantitative estimate of drug-likeness (QED) is 0.901. The lowest BCUT2D eigenvalue weighted by Crippen LogP contribution is -2.17. The van der Waals surface area contributed by atoms with E-state index >= 15 is 0 Å². The molecule has 19 heavy (non-hydrogen) atoms. The fourth-order valence-electron chi connectivity index (χ4n) is 1.91. The molecule has 0 bridgehead atoms. The minimum absolute atomic E-state index is 0. The van der Waals surface area contributed by atoms with E-state index in [0.29, 0.717) is 0 Å². The highest BCUT2D eigenvalue weighted by Gasteiger charge is 2.11. The van der Waals surface area contributed by atoms with Crippen molar-refractivity contribution in [1.29, 1.82) is 0 Å². The molecule has 3 nitrogen and oxygen atoms in total. The van der Waals surface area contributed by atoms with Crippen LogP contribution in [0.4, 0.5) is 0 Å². The Labute approximate surface area is 122 Å². The maximum absolute atomic E-state index is 5.83. The smallest absolute Gasteiger partial charge is 0.130 e. The van der Waals surface area contributed by atoms with E-state index < -0.39 is 0 Å². The van der Waals surface area contributed by atoms with Gasteiger partial charge in [0.15, 0.2) is 0 Å². The van der Waals surface area contributed by atoms with Gasteiger partial charge < -0.3 is 15.2 Å². The maximum atomic E-state index is 5.83. The van der Waals surface area contributed by atoms with Gasteiger partial charge in [-0.25, -0.2) is 0 Å². The third kappa shape index (κ3) is 5.13. The summed E-state index contributed by atoms with van der Waals surface area (Å²) >= 11 is 0. The highest BCUT2D eigenvalue weighted by molar-refractivity contribution is 5.85. The lowest BCUT2D eigenvalue weighted by atomic mass is 10.0. The monoisotopic (exact) mass is 285 g/mol. The number of nitrogens with two attached hydrogens (primary N) is 1. The van der Waals surface area contributed by atoms with E-state index in [1.165, 1.54) is 5.57 Å². The molecular weight excluding hydrogens is 262 g/mol. The maximum Gasteiger partial charge on any atom is 0.130 e. The standard InChI is InChI=1S/C15H23NO2.ClH/c1-10(2)6-13-14(17-4)8-12(7-11(3)16)9-15(13)18-5;/h6,8-9,11H,7,16H2,1-5H3;1H.